The molecule has 0 fully saturated rings. The number of carboxylic acid groups (broad SMARTS) is 1. The molecule has 0 bridgehead atoms. The zero-order chi connectivity index (χ0) is 14.9. The Hall–Kier alpha value is -0.690. The van der Waals surface area contributed by atoms with Crippen molar-refractivity contribution in [2.45, 2.75) is 38.5 Å². The van der Waals surface area contributed by atoms with Gasteiger partial charge in [0.05, 0.1) is 0 Å². The van der Waals surface area contributed by atoms with Crippen molar-refractivity contribution in [2.24, 2.45) is 5.73 Å². The van der Waals surface area contributed by atoms with Gasteiger partial charge in [-0.05, 0) is 77.9 Å². The van der Waals surface area contributed by atoms with Gasteiger partial charge in [-0.2, -0.15) is 0 Å². The Balaban J connectivity index is 2.94. The SMILES string of the molecule is NCCCNCCCNCCCNCCCCC(=O)O. The predicted octanol–water partition coefficient (Wildman–Crippen LogP) is 0.139. The molecule has 0 atom stereocenters. The lowest BCUT2D eigenvalue weighted by Gasteiger charge is -2.07. The average molecular weight is 288 g/mol. The number of aliphatic carboxylic acids is 1. The van der Waals surface area contributed by atoms with Crippen molar-refractivity contribution in [1.29, 1.82) is 0 Å². The number of hydrogen-bond donors (Lipinski definition) is 5. The Labute approximate surface area is 122 Å². The number of hydrogen-bond acceptors (Lipinski definition) is 5. The quantitative estimate of drug-likeness (QED) is 0.259. The predicted molar refractivity (Wildman–Crippen MR) is 83.0 cm³/mol. The fourth-order valence-electron chi connectivity index (χ4n) is 1.81. The minimum Gasteiger partial charge on any atom is -0.481 e. The molecular formula is C14H32N4O2. The van der Waals surface area contributed by atoms with Crippen LogP contribution in [0.25, 0.3) is 0 Å². The van der Waals surface area contributed by atoms with Crippen LogP contribution >= 0.6 is 0 Å². The largest absolute Gasteiger partial charge is 0.481 e. The van der Waals surface area contributed by atoms with Gasteiger partial charge < -0.3 is 26.8 Å². The van der Waals surface area contributed by atoms with E-state index in [9.17, 15) is 4.79 Å². The van der Waals surface area contributed by atoms with Crippen LogP contribution in [0.4, 0.5) is 0 Å². The maximum absolute atomic E-state index is 10.3. The molecule has 0 aromatic rings. The van der Waals surface area contributed by atoms with E-state index in [0.717, 1.165) is 77.9 Å². The van der Waals surface area contributed by atoms with Crippen molar-refractivity contribution in [2.75, 3.05) is 45.8 Å². The van der Waals surface area contributed by atoms with Crippen LogP contribution in [0.5, 0.6) is 0 Å². The number of carboxylic acids is 1. The average Bonchev–Trinajstić information content (AvgIpc) is 2.43. The van der Waals surface area contributed by atoms with Crippen molar-refractivity contribution < 1.29 is 9.90 Å². The van der Waals surface area contributed by atoms with Gasteiger partial charge in [-0.3, -0.25) is 4.79 Å². The van der Waals surface area contributed by atoms with Crippen molar-refractivity contribution in [3.05, 3.63) is 0 Å². The van der Waals surface area contributed by atoms with E-state index in [1.54, 1.807) is 0 Å². The van der Waals surface area contributed by atoms with E-state index < -0.39 is 5.97 Å². The van der Waals surface area contributed by atoms with Gasteiger partial charge in [0.15, 0.2) is 0 Å². The van der Waals surface area contributed by atoms with Gasteiger partial charge in [0.25, 0.3) is 0 Å². The summed E-state index contributed by atoms with van der Waals surface area (Å²) in [4.78, 5) is 10.3. The molecule has 0 saturated carbocycles. The first-order chi connectivity index (χ1) is 9.77. The van der Waals surface area contributed by atoms with E-state index in [1.807, 2.05) is 0 Å². The van der Waals surface area contributed by atoms with Gasteiger partial charge in [0, 0.05) is 6.42 Å². The molecule has 0 saturated heterocycles. The summed E-state index contributed by atoms with van der Waals surface area (Å²) >= 11 is 0. The third-order valence-corrected chi connectivity index (χ3v) is 2.97. The van der Waals surface area contributed by atoms with E-state index in [0.29, 0.717) is 0 Å². The van der Waals surface area contributed by atoms with Crippen LogP contribution in [0.3, 0.4) is 0 Å². The van der Waals surface area contributed by atoms with Crippen LogP contribution in [-0.2, 0) is 4.79 Å². The van der Waals surface area contributed by atoms with Crippen LogP contribution in [0.1, 0.15) is 38.5 Å². The number of nitrogens with one attached hydrogen (secondary N) is 3. The second-order valence-electron chi connectivity index (χ2n) is 4.95. The molecule has 0 unspecified atom stereocenters. The van der Waals surface area contributed by atoms with Crippen LogP contribution < -0.4 is 21.7 Å². The Bertz CT molecular complexity index is 215. The lowest BCUT2D eigenvalue weighted by atomic mass is 10.2. The van der Waals surface area contributed by atoms with Crippen LogP contribution in [0.15, 0.2) is 0 Å². The van der Waals surface area contributed by atoms with Gasteiger partial charge in [-0.1, -0.05) is 0 Å². The summed E-state index contributed by atoms with van der Waals surface area (Å²) in [6.07, 6.45) is 5.28. The molecule has 6 heteroatoms. The van der Waals surface area contributed by atoms with Gasteiger partial charge in [0.2, 0.25) is 0 Å². The molecular weight excluding hydrogens is 256 g/mol. The number of unbranched alkanes of at least 4 members (excludes halogenated alkanes) is 1. The topological polar surface area (TPSA) is 99.4 Å². The molecule has 0 aliphatic carbocycles. The Morgan fingerprint density at radius 2 is 1.20 bits per heavy atom. The summed E-state index contributed by atoms with van der Waals surface area (Å²) in [6.45, 7) is 6.82. The van der Waals surface area contributed by atoms with Gasteiger partial charge >= 0.3 is 5.97 Å². The molecule has 6 N–H and O–H groups in total. The first-order valence-electron chi connectivity index (χ1n) is 7.81. The molecule has 0 aromatic carbocycles. The standard InChI is InChI=1S/C14H32N4O2/c15-7-3-9-17-11-5-13-18-12-4-10-16-8-2-1-6-14(19)20/h16-18H,1-13,15H2,(H,19,20). The van der Waals surface area contributed by atoms with E-state index in [2.05, 4.69) is 16.0 Å². The highest BCUT2D eigenvalue weighted by Crippen LogP contribution is 1.93. The molecule has 0 spiro atoms. The Morgan fingerprint density at radius 1 is 0.750 bits per heavy atom. The highest BCUT2D eigenvalue weighted by molar-refractivity contribution is 5.66. The second-order valence-corrected chi connectivity index (χ2v) is 4.95. The number of nitrogens with two attached hydrogens (primary N) is 1. The minimum absolute atomic E-state index is 0.280. The molecule has 0 aromatic heterocycles. The van der Waals surface area contributed by atoms with Crippen molar-refractivity contribution in [3.63, 3.8) is 0 Å². The van der Waals surface area contributed by atoms with Gasteiger partial charge in [0.1, 0.15) is 0 Å². The summed E-state index contributed by atoms with van der Waals surface area (Å²) in [6, 6.07) is 0. The summed E-state index contributed by atoms with van der Waals surface area (Å²) in [5, 5.41) is 18.6. The smallest absolute Gasteiger partial charge is 0.303 e. The van der Waals surface area contributed by atoms with Gasteiger partial charge in [-0.25, -0.2) is 0 Å². The third-order valence-electron chi connectivity index (χ3n) is 2.97. The maximum Gasteiger partial charge on any atom is 0.303 e. The summed E-state index contributed by atoms with van der Waals surface area (Å²) < 4.78 is 0. The lowest BCUT2D eigenvalue weighted by Crippen LogP contribution is -2.26. The normalized spacial score (nSPS) is 10.8. The van der Waals surface area contributed by atoms with Crippen molar-refractivity contribution in [3.8, 4) is 0 Å². The molecule has 0 rings (SSSR count). The summed E-state index contributed by atoms with van der Waals surface area (Å²) in [5.41, 5.74) is 5.40. The van der Waals surface area contributed by atoms with E-state index in [1.165, 1.54) is 0 Å². The van der Waals surface area contributed by atoms with Crippen LogP contribution in [0.2, 0.25) is 0 Å². The first kappa shape index (κ1) is 19.3. The van der Waals surface area contributed by atoms with Gasteiger partial charge in [-0.15, -0.1) is 0 Å². The Kier molecular flexibility index (Phi) is 15.8. The highest BCUT2D eigenvalue weighted by atomic mass is 16.4. The second kappa shape index (κ2) is 16.4. The molecule has 20 heavy (non-hydrogen) atoms. The zero-order valence-corrected chi connectivity index (χ0v) is 12.6. The van der Waals surface area contributed by atoms with E-state index in [-0.39, 0.29) is 6.42 Å². The molecule has 120 valence electrons. The molecule has 0 aliphatic heterocycles. The summed E-state index contributed by atoms with van der Waals surface area (Å²) in [7, 11) is 0. The summed E-state index contributed by atoms with van der Waals surface area (Å²) in [5.74, 6) is -0.702. The van der Waals surface area contributed by atoms with Crippen LogP contribution in [0, 0.1) is 0 Å². The molecule has 0 heterocycles. The lowest BCUT2D eigenvalue weighted by molar-refractivity contribution is -0.137. The molecule has 0 radical (unpaired) electrons. The first-order valence-corrected chi connectivity index (χ1v) is 7.81. The number of rotatable bonds is 16. The fraction of sp³-hybridized carbons (Fsp3) is 0.929. The fourth-order valence-corrected chi connectivity index (χ4v) is 1.81. The van der Waals surface area contributed by atoms with Crippen LogP contribution in [-0.4, -0.2) is 56.9 Å². The maximum atomic E-state index is 10.3. The number of carbonyl (C=O) groups is 1. The van der Waals surface area contributed by atoms with Crippen molar-refractivity contribution >= 4 is 5.97 Å². The molecule has 6 nitrogen and oxygen atoms in total. The Morgan fingerprint density at radius 3 is 1.65 bits per heavy atom. The minimum atomic E-state index is -0.702. The molecule has 0 amide bonds. The monoisotopic (exact) mass is 288 g/mol. The van der Waals surface area contributed by atoms with Crippen molar-refractivity contribution in [1.82, 2.24) is 16.0 Å². The van der Waals surface area contributed by atoms with E-state index >= 15 is 0 Å². The zero-order valence-electron chi connectivity index (χ0n) is 12.6. The third kappa shape index (κ3) is 17.3. The highest BCUT2D eigenvalue weighted by Gasteiger charge is 1.95. The van der Waals surface area contributed by atoms with E-state index in [4.69, 9.17) is 10.8 Å². The molecule has 0 aliphatic rings.